The molecule has 0 radical (unpaired) electrons. The van der Waals surface area contributed by atoms with Gasteiger partial charge in [-0.3, -0.25) is 4.79 Å². The fourth-order valence-corrected chi connectivity index (χ4v) is 1.42. The van der Waals surface area contributed by atoms with Crippen LogP contribution in [0.5, 0.6) is 0 Å². The molecule has 13 heavy (non-hydrogen) atoms. The van der Waals surface area contributed by atoms with Crippen LogP contribution < -0.4 is 11.5 Å². The Balaban J connectivity index is 3.28. The number of carbonyl (C=O) groups excluding carboxylic acids is 1. The predicted octanol–water partition coefficient (Wildman–Crippen LogP) is 1.72. The van der Waals surface area contributed by atoms with Crippen LogP contribution in [0.1, 0.15) is 10.4 Å². The van der Waals surface area contributed by atoms with Crippen molar-refractivity contribution < 1.29 is 4.79 Å². The zero-order valence-corrected chi connectivity index (χ0v) is 8.19. The first kappa shape index (κ1) is 10.3. The topological polar surface area (TPSA) is 69.1 Å². The lowest BCUT2D eigenvalue weighted by atomic mass is 10.1. The zero-order chi connectivity index (χ0) is 10.0. The van der Waals surface area contributed by atoms with Gasteiger partial charge in [0.2, 0.25) is 0 Å². The maximum Gasteiger partial charge on any atom is 0.178 e. The Morgan fingerprint density at radius 1 is 1.38 bits per heavy atom. The fraction of sp³-hybridized carbons (Fsp3) is 0.125. The molecule has 1 aromatic carbocycles. The molecule has 0 atom stereocenters. The largest absolute Gasteiger partial charge is 0.397 e. The van der Waals surface area contributed by atoms with Gasteiger partial charge in [-0.2, -0.15) is 0 Å². The standard InChI is InChI=1S/C8H8Cl2N2O/c9-4-1-5(7(13)3-11)8(12)6(10)2-4/h1-2H,3,11-12H2. The maximum atomic E-state index is 11.2. The highest BCUT2D eigenvalue weighted by atomic mass is 35.5. The molecule has 0 fully saturated rings. The van der Waals surface area contributed by atoms with Crippen LogP contribution in [0.2, 0.25) is 10.0 Å². The monoisotopic (exact) mass is 218 g/mol. The number of carbonyl (C=O) groups is 1. The van der Waals surface area contributed by atoms with E-state index in [1.807, 2.05) is 0 Å². The van der Waals surface area contributed by atoms with Crippen molar-refractivity contribution in [2.75, 3.05) is 12.3 Å². The first-order valence-corrected chi connectivity index (χ1v) is 4.29. The van der Waals surface area contributed by atoms with Gasteiger partial charge < -0.3 is 11.5 Å². The first-order chi connectivity index (χ1) is 6.06. The third-order valence-corrected chi connectivity index (χ3v) is 2.11. The number of ketones is 1. The molecule has 3 nitrogen and oxygen atoms in total. The third kappa shape index (κ3) is 2.12. The van der Waals surface area contributed by atoms with Crippen molar-refractivity contribution in [1.29, 1.82) is 0 Å². The number of rotatable bonds is 2. The Kier molecular flexibility index (Phi) is 3.14. The lowest BCUT2D eigenvalue weighted by Gasteiger charge is -2.05. The maximum absolute atomic E-state index is 11.2. The molecule has 0 spiro atoms. The summed E-state index contributed by atoms with van der Waals surface area (Å²) >= 11 is 11.4. The van der Waals surface area contributed by atoms with E-state index in [1.54, 1.807) is 0 Å². The minimum Gasteiger partial charge on any atom is -0.397 e. The number of hydrogen-bond donors (Lipinski definition) is 2. The van der Waals surface area contributed by atoms with Crippen molar-refractivity contribution in [3.8, 4) is 0 Å². The van der Waals surface area contributed by atoms with Gasteiger partial charge in [0.1, 0.15) is 0 Å². The molecular formula is C8H8Cl2N2O. The number of nitrogens with two attached hydrogens (primary N) is 2. The van der Waals surface area contributed by atoms with Gasteiger partial charge in [0, 0.05) is 10.6 Å². The van der Waals surface area contributed by atoms with Crippen molar-refractivity contribution in [3.63, 3.8) is 0 Å². The van der Waals surface area contributed by atoms with Crippen molar-refractivity contribution >= 4 is 34.7 Å². The Morgan fingerprint density at radius 3 is 2.54 bits per heavy atom. The van der Waals surface area contributed by atoms with E-state index >= 15 is 0 Å². The van der Waals surface area contributed by atoms with Gasteiger partial charge in [-0.05, 0) is 12.1 Å². The molecule has 5 heteroatoms. The quantitative estimate of drug-likeness (QED) is 0.587. The molecule has 0 aromatic heterocycles. The van der Waals surface area contributed by atoms with Crippen LogP contribution in [0.15, 0.2) is 12.1 Å². The van der Waals surface area contributed by atoms with E-state index < -0.39 is 0 Å². The predicted molar refractivity (Wildman–Crippen MR) is 54.3 cm³/mol. The van der Waals surface area contributed by atoms with Crippen molar-refractivity contribution in [2.45, 2.75) is 0 Å². The SMILES string of the molecule is NCC(=O)c1cc(Cl)cc(Cl)c1N. The van der Waals surface area contributed by atoms with Crippen LogP contribution in [-0.2, 0) is 0 Å². The molecular weight excluding hydrogens is 211 g/mol. The average Bonchev–Trinajstić information content (AvgIpc) is 2.10. The number of benzene rings is 1. The van der Waals surface area contributed by atoms with Crippen molar-refractivity contribution in [1.82, 2.24) is 0 Å². The third-order valence-electron chi connectivity index (χ3n) is 1.58. The molecule has 70 valence electrons. The Bertz CT molecular complexity index is 352. The summed E-state index contributed by atoms with van der Waals surface area (Å²) in [7, 11) is 0. The molecule has 0 amide bonds. The second-order valence-electron chi connectivity index (χ2n) is 2.48. The molecule has 0 saturated carbocycles. The molecule has 0 aliphatic heterocycles. The molecule has 0 unspecified atom stereocenters. The summed E-state index contributed by atoms with van der Waals surface area (Å²) in [5.74, 6) is -0.276. The highest BCUT2D eigenvalue weighted by Crippen LogP contribution is 2.27. The molecule has 1 rings (SSSR count). The van der Waals surface area contributed by atoms with E-state index in [0.717, 1.165) is 0 Å². The number of anilines is 1. The normalized spacial score (nSPS) is 10.1. The Hall–Kier alpha value is -0.770. The molecule has 4 N–H and O–H groups in total. The number of halogens is 2. The van der Waals surface area contributed by atoms with Crippen LogP contribution in [0, 0.1) is 0 Å². The smallest absolute Gasteiger partial charge is 0.178 e. The molecule has 0 aliphatic carbocycles. The molecule has 0 heterocycles. The van der Waals surface area contributed by atoms with Crippen LogP contribution in [0.4, 0.5) is 5.69 Å². The second-order valence-corrected chi connectivity index (χ2v) is 3.32. The summed E-state index contributed by atoms with van der Waals surface area (Å²) < 4.78 is 0. The van der Waals surface area contributed by atoms with Gasteiger partial charge in [-0.1, -0.05) is 23.2 Å². The summed E-state index contributed by atoms with van der Waals surface area (Å²) in [6, 6.07) is 2.93. The lowest BCUT2D eigenvalue weighted by Crippen LogP contribution is -2.15. The average molecular weight is 219 g/mol. The van der Waals surface area contributed by atoms with E-state index in [4.69, 9.17) is 34.7 Å². The van der Waals surface area contributed by atoms with Gasteiger partial charge in [-0.25, -0.2) is 0 Å². The van der Waals surface area contributed by atoms with E-state index in [1.165, 1.54) is 12.1 Å². The number of nitrogen functional groups attached to an aromatic ring is 1. The van der Waals surface area contributed by atoms with Gasteiger partial charge in [0.15, 0.2) is 5.78 Å². The van der Waals surface area contributed by atoms with Crippen molar-refractivity contribution in [3.05, 3.63) is 27.7 Å². The summed E-state index contributed by atoms with van der Waals surface area (Å²) in [5.41, 5.74) is 11.2. The van der Waals surface area contributed by atoms with Gasteiger partial charge >= 0.3 is 0 Å². The van der Waals surface area contributed by atoms with Crippen LogP contribution in [-0.4, -0.2) is 12.3 Å². The minimum absolute atomic E-state index is 0.110. The van der Waals surface area contributed by atoms with Gasteiger partial charge in [0.05, 0.1) is 17.3 Å². The van der Waals surface area contributed by atoms with Crippen LogP contribution in [0.3, 0.4) is 0 Å². The molecule has 1 aromatic rings. The van der Waals surface area contributed by atoms with Gasteiger partial charge in [0.25, 0.3) is 0 Å². The van der Waals surface area contributed by atoms with E-state index in [2.05, 4.69) is 0 Å². The highest BCUT2D eigenvalue weighted by Gasteiger charge is 2.11. The van der Waals surface area contributed by atoms with Crippen LogP contribution in [0.25, 0.3) is 0 Å². The van der Waals surface area contributed by atoms with Gasteiger partial charge in [-0.15, -0.1) is 0 Å². The Labute approximate surface area is 85.6 Å². The van der Waals surface area contributed by atoms with Crippen molar-refractivity contribution in [2.24, 2.45) is 5.73 Å². The number of hydrogen-bond acceptors (Lipinski definition) is 3. The summed E-state index contributed by atoms with van der Waals surface area (Å²) in [6.45, 7) is -0.110. The molecule has 0 bridgehead atoms. The second kappa shape index (κ2) is 3.96. The summed E-state index contributed by atoms with van der Waals surface area (Å²) in [6.07, 6.45) is 0. The Morgan fingerprint density at radius 2 is 2.00 bits per heavy atom. The molecule has 0 saturated heterocycles. The fourth-order valence-electron chi connectivity index (χ4n) is 0.925. The minimum atomic E-state index is -0.276. The molecule has 0 aliphatic rings. The van der Waals surface area contributed by atoms with E-state index in [0.29, 0.717) is 5.02 Å². The lowest BCUT2D eigenvalue weighted by molar-refractivity contribution is 0.100. The van der Waals surface area contributed by atoms with E-state index in [9.17, 15) is 4.79 Å². The van der Waals surface area contributed by atoms with E-state index in [-0.39, 0.29) is 28.6 Å². The van der Waals surface area contributed by atoms with Crippen LogP contribution >= 0.6 is 23.2 Å². The first-order valence-electron chi connectivity index (χ1n) is 3.54. The zero-order valence-electron chi connectivity index (χ0n) is 6.68. The number of Topliss-reactive ketones (excluding diaryl/α,β-unsaturated/α-hetero) is 1. The highest BCUT2D eigenvalue weighted by molar-refractivity contribution is 6.37. The summed E-state index contributed by atoms with van der Waals surface area (Å²) in [5, 5.41) is 0.639. The summed E-state index contributed by atoms with van der Waals surface area (Å²) in [4.78, 5) is 11.2.